The SMILES string of the molecule is O=C(Nc1cccc(-c2nc3cc(Cl)cc(Cl)c3o2)c1)c1cccc(F)c1. The number of hydrogen-bond acceptors (Lipinski definition) is 3. The Morgan fingerprint density at radius 2 is 1.85 bits per heavy atom. The quantitative estimate of drug-likeness (QED) is 0.445. The molecule has 1 heterocycles. The fourth-order valence-electron chi connectivity index (χ4n) is 2.65. The first kappa shape index (κ1) is 17.5. The van der Waals surface area contributed by atoms with Crippen LogP contribution < -0.4 is 5.32 Å². The van der Waals surface area contributed by atoms with Gasteiger partial charge in [0.05, 0.1) is 5.02 Å². The molecule has 4 rings (SSSR count). The molecule has 0 aliphatic rings. The number of fused-ring (bicyclic) bond motifs is 1. The second-order valence-electron chi connectivity index (χ2n) is 5.80. The first-order valence-corrected chi connectivity index (χ1v) is 8.68. The van der Waals surface area contributed by atoms with Crippen molar-refractivity contribution in [2.45, 2.75) is 0 Å². The molecule has 1 aromatic heterocycles. The van der Waals surface area contributed by atoms with Crippen molar-refractivity contribution in [3.8, 4) is 11.5 Å². The van der Waals surface area contributed by atoms with Crippen molar-refractivity contribution >= 4 is 45.9 Å². The van der Waals surface area contributed by atoms with Crippen LogP contribution in [0.15, 0.2) is 65.1 Å². The highest BCUT2D eigenvalue weighted by molar-refractivity contribution is 6.38. The molecule has 0 saturated heterocycles. The largest absolute Gasteiger partial charge is 0.435 e. The summed E-state index contributed by atoms with van der Waals surface area (Å²) < 4.78 is 19.0. The number of anilines is 1. The molecule has 3 aromatic carbocycles. The van der Waals surface area contributed by atoms with Gasteiger partial charge in [0, 0.05) is 21.8 Å². The highest BCUT2D eigenvalue weighted by Gasteiger charge is 2.13. The number of nitrogens with zero attached hydrogens (tertiary/aromatic N) is 1. The topological polar surface area (TPSA) is 55.1 Å². The first-order valence-electron chi connectivity index (χ1n) is 7.92. The Bertz CT molecular complexity index is 1170. The second-order valence-corrected chi connectivity index (χ2v) is 6.64. The molecule has 0 atom stereocenters. The van der Waals surface area contributed by atoms with E-state index in [9.17, 15) is 9.18 Å². The molecular formula is C20H11Cl2FN2O2. The van der Waals surface area contributed by atoms with Crippen LogP contribution >= 0.6 is 23.2 Å². The van der Waals surface area contributed by atoms with E-state index in [-0.39, 0.29) is 5.56 Å². The van der Waals surface area contributed by atoms with Crippen LogP contribution in [0.3, 0.4) is 0 Å². The number of aromatic nitrogens is 1. The van der Waals surface area contributed by atoms with Crippen LogP contribution in [0.2, 0.25) is 10.0 Å². The molecule has 134 valence electrons. The summed E-state index contributed by atoms with van der Waals surface area (Å²) >= 11 is 12.1. The number of carbonyl (C=O) groups excluding carboxylic acids is 1. The van der Waals surface area contributed by atoms with E-state index in [1.807, 2.05) is 0 Å². The van der Waals surface area contributed by atoms with Crippen molar-refractivity contribution in [3.63, 3.8) is 0 Å². The number of oxazole rings is 1. The Morgan fingerprint density at radius 1 is 1.04 bits per heavy atom. The first-order chi connectivity index (χ1) is 13.0. The van der Waals surface area contributed by atoms with Gasteiger partial charge in [-0.15, -0.1) is 0 Å². The number of halogens is 3. The Hall–Kier alpha value is -2.89. The van der Waals surface area contributed by atoms with E-state index in [1.54, 1.807) is 36.4 Å². The predicted octanol–water partition coefficient (Wildman–Crippen LogP) is 6.19. The Kier molecular flexibility index (Phi) is 4.56. The maximum absolute atomic E-state index is 13.3. The maximum atomic E-state index is 13.3. The molecule has 4 nitrogen and oxygen atoms in total. The van der Waals surface area contributed by atoms with Gasteiger partial charge in [0.25, 0.3) is 5.91 Å². The molecule has 0 spiro atoms. The number of benzene rings is 3. The minimum atomic E-state index is -0.474. The van der Waals surface area contributed by atoms with E-state index in [0.717, 1.165) is 0 Å². The van der Waals surface area contributed by atoms with Crippen molar-refractivity contribution in [3.05, 3.63) is 82.1 Å². The van der Waals surface area contributed by atoms with Crippen LogP contribution in [0.25, 0.3) is 22.6 Å². The molecule has 0 radical (unpaired) electrons. The summed E-state index contributed by atoms with van der Waals surface area (Å²) in [6.07, 6.45) is 0. The minimum absolute atomic E-state index is 0.226. The van der Waals surface area contributed by atoms with E-state index >= 15 is 0 Å². The fourth-order valence-corrected chi connectivity index (χ4v) is 3.17. The zero-order valence-corrected chi connectivity index (χ0v) is 15.2. The Balaban J connectivity index is 1.65. The Morgan fingerprint density at radius 3 is 2.67 bits per heavy atom. The maximum Gasteiger partial charge on any atom is 0.255 e. The smallest absolute Gasteiger partial charge is 0.255 e. The average Bonchev–Trinajstić information content (AvgIpc) is 3.06. The van der Waals surface area contributed by atoms with Gasteiger partial charge in [0.1, 0.15) is 11.3 Å². The highest BCUT2D eigenvalue weighted by Crippen LogP contribution is 2.32. The standard InChI is InChI=1S/C20H11Cl2FN2O2/c21-13-9-16(22)18-17(10-13)25-20(27-18)12-4-2-6-15(8-12)24-19(26)11-3-1-5-14(23)7-11/h1-10H,(H,24,26). The summed E-state index contributed by atoms with van der Waals surface area (Å²) in [5.41, 5.74) is 2.37. The van der Waals surface area contributed by atoms with Gasteiger partial charge in [0.2, 0.25) is 5.89 Å². The number of nitrogens with one attached hydrogen (secondary N) is 1. The molecule has 0 fully saturated rings. The summed E-state index contributed by atoms with van der Waals surface area (Å²) in [5.74, 6) is -0.548. The van der Waals surface area contributed by atoms with Gasteiger partial charge in [-0.2, -0.15) is 0 Å². The molecule has 0 saturated carbocycles. The van der Waals surface area contributed by atoms with E-state index in [0.29, 0.717) is 38.3 Å². The zero-order chi connectivity index (χ0) is 19.0. The lowest BCUT2D eigenvalue weighted by Crippen LogP contribution is -2.12. The van der Waals surface area contributed by atoms with E-state index in [1.165, 1.54) is 24.3 Å². The van der Waals surface area contributed by atoms with E-state index < -0.39 is 11.7 Å². The van der Waals surface area contributed by atoms with Gasteiger partial charge in [0.15, 0.2) is 5.58 Å². The lowest BCUT2D eigenvalue weighted by molar-refractivity contribution is 0.102. The molecule has 0 unspecified atom stereocenters. The van der Waals surface area contributed by atoms with Crippen molar-refractivity contribution in [2.75, 3.05) is 5.32 Å². The van der Waals surface area contributed by atoms with Crippen molar-refractivity contribution in [1.29, 1.82) is 0 Å². The summed E-state index contributed by atoms with van der Waals surface area (Å²) in [6, 6.07) is 15.7. The van der Waals surface area contributed by atoms with Crippen molar-refractivity contribution in [2.24, 2.45) is 0 Å². The lowest BCUT2D eigenvalue weighted by Gasteiger charge is -2.06. The molecule has 0 aliphatic heterocycles. The van der Waals surface area contributed by atoms with Crippen LogP contribution in [0.4, 0.5) is 10.1 Å². The predicted molar refractivity (Wildman–Crippen MR) is 104 cm³/mol. The molecule has 1 N–H and O–H groups in total. The summed E-state index contributed by atoms with van der Waals surface area (Å²) in [5, 5.41) is 3.56. The van der Waals surface area contributed by atoms with Gasteiger partial charge >= 0.3 is 0 Å². The molecule has 0 aliphatic carbocycles. The average molecular weight is 401 g/mol. The Labute approximate surface area is 163 Å². The van der Waals surface area contributed by atoms with Crippen LogP contribution in [-0.2, 0) is 0 Å². The monoisotopic (exact) mass is 400 g/mol. The lowest BCUT2D eigenvalue weighted by atomic mass is 10.1. The molecular weight excluding hydrogens is 390 g/mol. The van der Waals surface area contributed by atoms with Gasteiger partial charge in [-0.05, 0) is 48.5 Å². The normalized spacial score (nSPS) is 10.9. The third kappa shape index (κ3) is 3.65. The molecule has 7 heteroatoms. The third-order valence-electron chi connectivity index (χ3n) is 3.86. The second kappa shape index (κ2) is 7.02. The van der Waals surface area contributed by atoms with Crippen LogP contribution in [-0.4, -0.2) is 10.9 Å². The summed E-state index contributed by atoms with van der Waals surface area (Å²) in [4.78, 5) is 16.7. The van der Waals surface area contributed by atoms with E-state index in [2.05, 4.69) is 10.3 Å². The van der Waals surface area contributed by atoms with Gasteiger partial charge in [-0.3, -0.25) is 4.79 Å². The summed E-state index contributed by atoms with van der Waals surface area (Å²) in [6.45, 7) is 0. The fraction of sp³-hybridized carbons (Fsp3) is 0. The van der Waals surface area contributed by atoms with Crippen molar-refractivity contribution in [1.82, 2.24) is 4.98 Å². The summed E-state index contributed by atoms with van der Waals surface area (Å²) in [7, 11) is 0. The number of carbonyl (C=O) groups is 1. The number of rotatable bonds is 3. The molecule has 1 amide bonds. The zero-order valence-electron chi connectivity index (χ0n) is 13.7. The molecule has 4 aromatic rings. The molecule has 27 heavy (non-hydrogen) atoms. The minimum Gasteiger partial charge on any atom is -0.435 e. The molecule has 0 bridgehead atoms. The van der Waals surface area contributed by atoms with Crippen LogP contribution in [0.1, 0.15) is 10.4 Å². The van der Waals surface area contributed by atoms with Gasteiger partial charge < -0.3 is 9.73 Å². The third-order valence-corrected chi connectivity index (χ3v) is 4.36. The van der Waals surface area contributed by atoms with Crippen LogP contribution in [0, 0.1) is 5.82 Å². The van der Waals surface area contributed by atoms with Crippen molar-refractivity contribution < 1.29 is 13.6 Å². The number of amides is 1. The highest BCUT2D eigenvalue weighted by atomic mass is 35.5. The van der Waals surface area contributed by atoms with E-state index in [4.69, 9.17) is 27.6 Å². The van der Waals surface area contributed by atoms with Crippen LogP contribution in [0.5, 0.6) is 0 Å². The van der Waals surface area contributed by atoms with Gasteiger partial charge in [-0.1, -0.05) is 35.3 Å². The number of hydrogen-bond donors (Lipinski definition) is 1. The van der Waals surface area contributed by atoms with Gasteiger partial charge in [-0.25, -0.2) is 9.37 Å².